The Balaban J connectivity index is 2.63. The van der Waals surface area contributed by atoms with Crippen molar-refractivity contribution in [3.05, 3.63) is 12.7 Å². The van der Waals surface area contributed by atoms with Crippen LogP contribution in [0.2, 0.25) is 0 Å². The maximum atomic E-state index is 12.6. The molecule has 1 amide bonds. The molecule has 0 spiro atoms. The van der Waals surface area contributed by atoms with Gasteiger partial charge in [-0.3, -0.25) is 14.2 Å². The van der Waals surface area contributed by atoms with Crippen LogP contribution in [0.15, 0.2) is 12.7 Å². The van der Waals surface area contributed by atoms with Gasteiger partial charge in [-0.15, -0.1) is 6.58 Å². The standard InChI is InChI=1S/C18H35N3O5S/c1-7-18(6,13-19-26-27(23,24)25)12-17(4,5)20-16(22)11-21-14(2)9-8-10-15(21)3/h7,14-15,19H,1,8-13H2,2-6H3,(H,20,22)(H,23,24,25). The molecule has 0 bridgehead atoms. The average molecular weight is 406 g/mol. The molecule has 1 heterocycles. The topological polar surface area (TPSA) is 108 Å². The highest BCUT2D eigenvalue weighted by Gasteiger charge is 2.33. The van der Waals surface area contributed by atoms with Crippen LogP contribution < -0.4 is 10.8 Å². The van der Waals surface area contributed by atoms with Crippen molar-refractivity contribution in [1.29, 1.82) is 0 Å². The molecule has 3 atom stereocenters. The summed E-state index contributed by atoms with van der Waals surface area (Å²) in [5, 5.41) is 3.08. The van der Waals surface area contributed by atoms with E-state index in [1.54, 1.807) is 6.08 Å². The van der Waals surface area contributed by atoms with Gasteiger partial charge in [0.05, 0.1) is 6.54 Å². The first kappa shape index (κ1) is 24.0. The van der Waals surface area contributed by atoms with Crippen LogP contribution in [0.1, 0.15) is 60.3 Å². The van der Waals surface area contributed by atoms with E-state index in [9.17, 15) is 13.2 Å². The number of amides is 1. The summed E-state index contributed by atoms with van der Waals surface area (Å²) in [6.07, 6.45) is 5.59. The molecule has 1 fully saturated rings. The Morgan fingerprint density at radius 3 is 2.33 bits per heavy atom. The lowest BCUT2D eigenvalue weighted by Crippen LogP contribution is -2.54. The van der Waals surface area contributed by atoms with Gasteiger partial charge in [0.15, 0.2) is 0 Å². The third kappa shape index (κ3) is 8.69. The largest absolute Gasteiger partial charge is 0.413 e. The van der Waals surface area contributed by atoms with Crippen molar-refractivity contribution in [1.82, 2.24) is 15.7 Å². The van der Waals surface area contributed by atoms with Crippen LogP contribution in [0.25, 0.3) is 0 Å². The van der Waals surface area contributed by atoms with Gasteiger partial charge in [-0.25, -0.2) is 0 Å². The molecule has 0 aromatic rings. The third-order valence-corrected chi connectivity index (χ3v) is 5.49. The fourth-order valence-corrected chi connectivity index (χ4v) is 4.11. The fraction of sp³-hybridized carbons (Fsp3) is 0.833. The van der Waals surface area contributed by atoms with Crippen molar-refractivity contribution in [2.75, 3.05) is 13.1 Å². The highest BCUT2D eigenvalue weighted by molar-refractivity contribution is 7.80. The van der Waals surface area contributed by atoms with Crippen LogP contribution in [0.5, 0.6) is 0 Å². The zero-order chi connectivity index (χ0) is 20.9. The van der Waals surface area contributed by atoms with Crippen molar-refractivity contribution in [3.8, 4) is 0 Å². The van der Waals surface area contributed by atoms with Gasteiger partial charge in [-0.1, -0.05) is 19.4 Å². The number of hydrogen-bond acceptors (Lipinski definition) is 6. The lowest BCUT2D eigenvalue weighted by atomic mass is 9.78. The van der Waals surface area contributed by atoms with E-state index in [-0.39, 0.29) is 12.5 Å². The molecule has 27 heavy (non-hydrogen) atoms. The van der Waals surface area contributed by atoms with E-state index in [1.165, 1.54) is 6.42 Å². The molecular weight excluding hydrogens is 370 g/mol. The Kier molecular flexibility index (Phi) is 8.43. The first-order valence-electron chi connectivity index (χ1n) is 9.36. The van der Waals surface area contributed by atoms with E-state index in [4.69, 9.17) is 4.55 Å². The summed E-state index contributed by atoms with van der Waals surface area (Å²) in [5.41, 5.74) is 1.14. The lowest BCUT2D eigenvalue weighted by Gasteiger charge is -2.40. The van der Waals surface area contributed by atoms with Crippen molar-refractivity contribution in [3.63, 3.8) is 0 Å². The van der Waals surface area contributed by atoms with Crippen molar-refractivity contribution in [2.45, 2.75) is 77.9 Å². The summed E-state index contributed by atoms with van der Waals surface area (Å²) in [6, 6.07) is 0.783. The Morgan fingerprint density at radius 1 is 1.30 bits per heavy atom. The number of likely N-dealkylation sites (tertiary alicyclic amines) is 1. The Morgan fingerprint density at radius 2 is 1.85 bits per heavy atom. The SMILES string of the molecule is C=CC(C)(CNOS(=O)(=O)O)CC(C)(C)NC(=O)CN1C(C)CCCC1C. The smallest absolute Gasteiger partial charge is 0.350 e. The summed E-state index contributed by atoms with van der Waals surface area (Å²) < 4.78 is 34.1. The molecule has 0 aromatic carbocycles. The summed E-state index contributed by atoms with van der Waals surface area (Å²) in [5.74, 6) is -0.0332. The number of rotatable bonds is 10. The lowest BCUT2D eigenvalue weighted by molar-refractivity contribution is -0.125. The van der Waals surface area contributed by atoms with Crippen LogP contribution in [-0.4, -0.2) is 54.5 Å². The molecule has 158 valence electrons. The van der Waals surface area contributed by atoms with Gasteiger partial charge >= 0.3 is 10.4 Å². The molecule has 9 heteroatoms. The number of piperidine rings is 1. The number of hydrogen-bond donors (Lipinski definition) is 3. The normalized spacial score (nSPS) is 24.2. The van der Waals surface area contributed by atoms with Crippen LogP contribution in [0.4, 0.5) is 0 Å². The van der Waals surface area contributed by atoms with Gasteiger partial charge in [0.25, 0.3) is 0 Å². The van der Waals surface area contributed by atoms with Gasteiger partial charge in [-0.05, 0) is 47.0 Å². The summed E-state index contributed by atoms with van der Waals surface area (Å²) in [4.78, 5) is 14.8. The fourth-order valence-electron chi connectivity index (χ4n) is 3.90. The summed E-state index contributed by atoms with van der Waals surface area (Å²) in [7, 11) is -4.57. The maximum absolute atomic E-state index is 12.6. The van der Waals surface area contributed by atoms with Crippen LogP contribution >= 0.6 is 0 Å². The number of hydroxylamine groups is 1. The molecule has 0 aliphatic carbocycles. The van der Waals surface area contributed by atoms with E-state index in [2.05, 4.69) is 40.4 Å². The molecule has 0 radical (unpaired) electrons. The van der Waals surface area contributed by atoms with Gasteiger partial charge in [0.2, 0.25) is 5.91 Å². The summed E-state index contributed by atoms with van der Waals surface area (Å²) >= 11 is 0. The second-order valence-corrected chi connectivity index (χ2v) is 9.62. The van der Waals surface area contributed by atoms with Crippen LogP contribution in [0.3, 0.4) is 0 Å². The number of carbonyl (C=O) groups is 1. The van der Waals surface area contributed by atoms with E-state index in [0.717, 1.165) is 12.8 Å². The molecular formula is C18H35N3O5S. The molecule has 0 aromatic heterocycles. The first-order valence-corrected chi connectivity index (χ1v) is 10.7. The van der Waals surface area contributed by atoms with Crippen molar-refractivity contribution in [2.24, 2.45) is 5.41 Å². The predicted molar refractivity (Wildman–Crippen MR) is 105 cm³/mol. The molecule has 1 rings (SSSR count). The van der Waals surface area contributed by atoms with Gasteiger partial charge < -0.3 is 5.32 Å². The minimum atomic E-state index is -4.57. The quantitative estimate of drug-likeness (QED) is 0.290. The third-order valence-electron chi connectivity index (χ3n) is 5.16. The van der Waals surface area contributed by atoms with Gasteiger partial charge in [0, 0.05) is 29.6 Å². The Bertz CT molecular complexity index is 612. The van der Waals surface area contributed by atoms with E-state index >= 15 is 0 Å². The summed E-state index contributed by atoms with van der Waals surface area (Å²) in [6.45, 7) is 14.3. The van der Waals surface area contributed by atoms with Crippen molar-refractivity contribution < 1.29 is 22.0 Å². The van der Waals surface area contributed by atoms with E-state index < -0.39 is 21.4 Å². The minimum absolute atomic E-state index is 0.0332. The monoisotopic (exact) mass is 405 g/mol. The molecule has 8 nitrogen and oxygen atoms in total. The van der Waals surface area contributed by atoms with E-state index in [1.807, 2.05) is 20.8 Å². The number of carbonyl (C=O) groups excluding carboxylic acids is 1. The number of nitrogens with one attached hydrogen (secondary N) is 2. The Labute approximate surface area is 163 Å². The molecule has 1 aliphatic heterocycles. The zero-order valence-electron chi connectivity index (χ0n) is 17.1. The molecule has 1 saturated heterocycles. The van der Waals surface area contributed by atoms with Crippen molar-refractivity contribution >= 4 is 16.3 Å². The highest BCUT2D eigenvalue weighted by Crippen LogP contribution is 2.29. The molecule has 0 saturated carbocycles. The zero-order valence-corrected chi connectivity index (χ0v) is 17.9. The first-order chi connectivity index (χ1) is 12.3. The van der Waals surface area contributed by atoms with Gasteiger partial charge in [-0.2, -0.15) is 18.2 Å². The second kappa shape index (κ2) is 9.47. The molecule has 3 N–H and O–H groups in total. The molecule has 3 unspecified atom stereocenters. The van der Waals surface area contributed by atoms with Crippen LogP contribution in [-0.2, 0) is 19.5 Å². The predicted octanol–water partition coefficient (Wildman–Crippen LogP) is 2.05. The highest BCUT2D eigenvalue weighted by atomic mass is 32.3. The Hall–Kier alpha value is -1.00. The number of nitrogens with zero attached hydrogens (tertiary/aromatic N) is 1. The molecule has 1 aliphatic rings. The average Bonchev–Trinajstić information content (AvgIpc) is 2.48. The minimum Gasteiger partial charge on any atom is -0.350 e. The van der Waals surface area contributed by atoms with Crippen LogP contribution in [0, 0.1) is 5.41 Å². The maximum Gasteiger partial charge on any atom is 0.413 e. The second-order valence-electron chi connectivity index (χ2n) is 8.60. The van der Waals surface area contributed by atoms with Gasteiger partial charge in [0.1, 0.15) is 0 Å². The van der Waals surface area contributed by atoms with E-state index in [0.29, 0.717) is 25.0 Å².